The first-order valence-electron chi connectivity index (χ1n) is 2.68. The van der Waals surface area contributed by atoms with Gasteiger partial charge in [-0.05, 0) is 0 Å². The molecule has 0 fully saturated rings. The van der Waals surface area contributed by atoms with Gasteiger partial charge in [-0.15, -0.1) is 0 Å². The van der Waals surface area contributed by atoms with Crippen molar-refractivity contribution in [1.82, 2.24) is 9.97 Å². The molecule has 0 aromatic carbocycles. The second-order valence-corrected chi connectivity index (χ2v) is 2.49. The van der Waals surface area contributed by atoms with Crippen LogP contribution in [0, 0.1) is 0 Å². The van der Waals surface area contributed by atoms with Crippen LogP contribution in [0.1, 0.15) is 0 Å². The van der Waals surface area contributed by atoms with E-state index in [1.165, 1.54) is 6.20 Å². The van der Waals surface area contributed by atoms with E-state index in [1.807, 2.05) is 0 Å². The Labute approximate surface area is 65.9 Å². The first kappa shape index (κ1) is 7.31. The number of hydrogen-bond donors (Lipinski definition) is 2. The van der Waals surface area contributed by atoms with Crippen LogP contribution in [0.2, 0.25) is 0 Å². The number of anilines is 1. The van der Waals surface area contributed by atoms with Gasteiger partial charge >= 0.3 is 65.3 Å². The van der Waals surface area contributed by atoms with E-state index in [9.17, 15) is 4.79 Å². The molecular weight excluding hydrogens is 197 g/mol. The Balaban J connectivity index is 3.20. The van der Waals surface area contributed by atoms with Crippen LogP contribution in [0.25, 0.3) is 0 Å². The Morgan fingerprint density at radius 1 is 1.80 bits per heavy atom. The van der Waals surface area contributed by atoms with E-state index in [-0.39, 0.29) is 5.56 Å². The van der Waals surface area contributed by atoms with Crippen LogP contribution >= 0.6 is 0 Å². The molecule has 2 N–H and O–H groups in total. The number of hydrogen-bond acceptors (Lipinski definition) is 3. The Bertz CT molecular complexity index is 282. The van der Waals surface area contributed by atoms with E-state index < -0.39 is 0 Å². The molecular formula is C5H6N3OSe. The zero-order valence-corrected chi connectivity index (χ0v) is 7.05. The van der Waals surface area contributed by atoms with E-state index in [4.69, 9.17) is 0 Å². The normalized spacial score (nSPS) is 9.30. The average Bonchev–Trinajstić information content (AvgIpc) is 1.88. The summed E-state index contributed by atoms with van der Waals surface area (Å²) in [6.07, 6.45) is 1.48. The predicted molar refractivity (Wildman–Crippen MR) is 39.8 cm³/mol. The Morgan fingerprint density at radius 3 is 3.00 bits per heavy atom. The maximum absolute atomic E-state index is 10.9. The summed E-state index contributed by atoms with van der Waals surface area (Å²) in [4.78, 5) is 17.2. The molecule has 5 heteroatoms. The van der Waals surface area contributed by atoms with Gasteiger partial charge in [0.1, 0.15) is 0 Å². The Morgan fingerprint density at radius 2 is 2.50 bits per heavy atom. The molecule has 0 bridgehead atoms. The van der Waals surface area contributed by atoms with Gasteiger partial charge in [0.15, 0.2) is 0 Å². The quantitative estimate of drug-likeness (QED) is 0.552. The molecule has 0 unspecified atom stereocenters. The van der Waals surface area contributed by atoms with Crippen molar-refractivity contribution in [2.45, 2.75) is 0 Å². The first-order chi connectivity index (χ1) is 4.74. The third-order valence-corrected chi connectivity index (χ3v) is 1.48. The standard InChI is InChI=1S/C5H6N3OSe/c1-6-3-2-7-5(10)8-4(3)9/h2,6H,1H3,(H,7,8,9). The van der Waals surface area contributed by atoms with Gasteiger partial charge in [0, 0.05) is 0 Å². The van der Waals surface area contributed by atoms with Crippen LogP contribution in [-0.2, 0) is 0 Å². The van der Waals surface area contributed by atoms with Crippen molar-refractivity contribution < 1.29 is 0 Å². The second-order valence-electron chi connectivity index (χ2n) is 1.68. The van der Waals surface area contributed by atoms with Crippen LogP contribution in [0.3, 0.4) is 0 Å². The fourth-order valence-electron chi connectivity index (χ4n) is 0.557. The summed E-state index contributed by atoms with van der Waals surface area (Å²) in [7, 11) is 1.67. The van der Waals surface area contributed by atoms with Crippen LogP contribution in [0.15, 0.2) is 11.0 Å². The molecule has 4 nitrogen and oxygen atoms in total. The van der Waals surface area contributed by atoms with E-state index >= 15 is 0 Å². The molecule has 0 atom stereocenters. The van der Waals surface area contributed by atoms with Gasteiger partial charge in [-0.1, -0.05) is 0 Å². The van der Waals surface area contributed by atoms with Gasteiger partial charge in [-0.25, -0.2) is 0 Å². The third kappa shape index (κ3) is 1.37. The van der Waals surface area contributed by atoms with Crippen LogP contribution in [0.4, 0.5) is 5.69 Å². The third-order valence-electron chi connectivity index (χ3n) is 1.05. The molecule has 10 heavy (non-hydrogen) atoms. The molecule has 1 aromatic heterocycles. The number of H-pyrrole nitrogens is 1. The number of aromatic nitrogens is 2. The van der Waals surface area contributed by atoms with Gasteiger partial charge in [-0.2, -0.15) is 0 Å². The fourth-order valence-corrected chi connectivity index (χ4v) is 0.862. The van der Waals surface area contributed by atoms with Crippen molar-refractivity contribution in [1.29, 1.82) is 0 Å². The molecule has 0 aliphatic carbocycles. The summed E-state index contributed by atoms with van der Waals surface area (Å²) in [5, 5.41) is 2.70. The van der Waals surface area contributed by atoms with Gasteiger partial charge in [0.25, 0.3) is 0 Å². The van der Waals surface area contributed by atoms with Crippen LogP contribution < -0.4 is 15.6 Å². The van der Waals surface area contributed by atoms with Crippen LogP contribution in [-0.4, -0.2) is 33.0 Å². The topological polar surface area (TPSA) is 57.8 Å². The van der Waals surface area contributed by atoms with E-state index in [1.54, 1.807) is 7.05 Å². The van der Waals surface area contributed by atoms with Crippen molar-refractivity contribution in [3.8, 4) is 0 Å². The summed E-state index contributed by atoms with van der Waals surface area (Å²) >= 11 is 2.60. The summed E-state index contributed by atoms with van der Waals surface area (Å²) in [5.41, 5.74) is 0.310. The van der Waals surface area contributed by atoms with Gasteiger partial charge in [0.2, 0.25) is 0 Å². The first-order valence-corrected chi connectivity index (χ1v) is 3.54. The zero-order valence-electron chi connectivity index (χ0n) is 5.34. The molecule has 1 radical (unpaired) electrons. The summed E-state index contributed by atoms with van der Waals surface area (Å²) in [6, 6.07) is 0. The molecule has 1 rings (SSSR count). The fraction of sp³-hybridized carbons (Fsp3) is 0.200. The van der Waals surface area contributed by atoms with Crippen LogP contribution in [0.5, 0.6) is 0 Å². The molecule has 0 spiro atoms. The molecule has 0 amide bonds. The second kappa shape index (κ2) is 2.86. The Kier molecular flexibility index (Phi) is 2.09. The SMILES string of the molecule is CNc1cnc([Se])[nH]c1=O. The maximum atomic E-state index is 10.9. The van der Waals surface area contributed by atoms with Gasteiger partial charge < -0.3 is 0 Å². The zero-order chi connectivity index (χ0) is 7.56. The molecule has 0 saturated carbocycles. The Hall–Kier alpha value is -0.801. The van der Waals surface area contributed by atoms with Crippen molar-refractivity contribution in [3.63, 3.8) is 0 Å². The molecule has 0 aliphatic rings. The summed E-state index contributed by atoms with van der Waals surface area (Å²) in [5.74, 6) is 0. The molecule has 1 aromatic rings. The molecule has 53 valence electrons. The van der Waals surface area contributed by atoms with E-state index in [2.05, 4.69) is 31.3 Å². The molecule has 0 aliphatic heterocycles. The van der Waals surface area contributed by atoms with E-state index in [0.717, 1.165) is 0 Å². The van der Waals surface area contributed by atoms with Crippen molar-refractivity contribution in [2.24, 2.45) is 0 Å². The van der Waals surface area contributed by atoms with Gasteiger partial charge in [-0.3, -0.25) is 0 Å². The number of aromatic amines is 1. The predicted octanol–water partition coefficient (Wildman–Crippen LogP) is -1.39. The number of nitrogens with one attached hydrogen (secondary N) is 2. The monoisotopic (exact) mass is 204 g/mol. The number of rotatable bonds is 1. The van der Waals surface area contributed by atoms with Crippen molar-refractivity contribution in [3.05, 3.63) is 16.6 Å². The number of nitrogens with zero attached hydrogens (tertiary/aromatic N) is 1. The minimum absolute atomic E-state index is 0.161. The van der Waals surface area contributed by atoms with E-state index in [0.29, 0.717) is 10.4 Å². The summed E-state index contributed by atoms with van der Waals surface area (Å²) in [6.45, 7) is 0. The van der Waals surface area contributed by atoms with Gasteiger partial charge in [0.05, 0.1) is 0 Å². The van der Waals surface area contributed by atoms with Crippen molar-refractivity contribution >= 4 is 26.4 Å². The minimum atomic E-state index is -0.161. The molecule has 0 saturated heterocycles. The summed E-state index contributed by atoms with van der Waals surface area (Å²) < 4.78 is 0.504. The average molecular weight is 203 g/mol. The van der Waals surface area contributed by atoms with Crippen molar-refractivity contribution in [2.75, 3.05) is 12.4 Å². The molecule has 1 heterocycles.